The second kappa shape index (κ2) is 8.46. The number of nitrogens with zero attached hydrogens (tertiary/aromatic N) is 2. The van der Waals surface area contributed by atoms with Crippen LogP contribution >= 0.6 is 0 Å². The van der Waals surface area contributed by atoms with Crippen LogP contribution in [0.15, 0.2) is 54.6 Å². The minimum Gasteiger partial charge on any atom is -0.389 e. The van der Waals surface area contributed by atoms with E-state index in [0.29, 0.717) is 18.4 Å². The second-order valence-electron chi connectivity index (χ2n) is 8.33. The molecule has 2 saturated heterocycles. The van der Waals surface area contributed by atoms with E-state index in [2.05, 4.69) is 34.1 Å². The normalized spacial score (nSPS) is 19.7. The van der Waals surface area contributed by atoms with E-state index in [4.69, 9.17) is 0 Å². The molecule has 2 fully saturated rings. The van der Waals surface area contributed by atoms with Crippen LogP contribution in [0.4, 0.5) is 5.69 Å². The molecule has 0 atom stereocenters. The molecule has 2 heterocycles. The van der Waals surface area contributed by atoms with Crippen molar-refractivity contribution in [2.24, 2.45) is 0 Å². The fraction of sp³-hybridized carbons (Fsp3) is 0.458. The number of piperidine rings is 1. The number of Topliss-reactive ketones (excluding diaryl/α,β-unsaturated/α-hetero) is 1. The Morgan fingerprint density at radius 1 is 0.893 bits per heavy atom. The van der Waals surface area contributed by atoms with Crippen molar-refractivity contribution in [3.05, 3.63) is 65.7 Å². The summed E-state index contributed by atoms with van der Waals surface area (Å²) >= 11 is 0. The molecule has 4 heteroatoms. The number of hydrogen-bond donors (Lipinski definition) is 1. The number of benzene rings is 2. The molecule has 1 N–H and O–H groups in total. The molecule has 148 valence electrons. The third kappa shape index (κ3) is 4.62. The lowest BCUT2D eigenvalue weighted by molar-refractivity contribution is -0.0241. The Bertz CT molecular complexity index is 774. The van der Waals surface area contributed by atoms with E-state index in [0.717, 1.165) is 32.7 Å². The zero-order valence-electron chi connectivity index (χ0n) is 16.5. The van der Waals surface area contributed by atoms with Gasteiger partial charge >= 0.3 is 0 Å². The van der Waals surface area contributed by atoms with Crippen LogP contribution in [-0.4, -0.2) is 47.6 Å². The molecule has 28 heavy (non-hydrogen) atoms. The van der Waals surface area contributed by atoms with E-state index in [-0.39, 0.29) is 12.2 Å². The molecule has 0 bridgehead atoms. The third-order valence-electron chi connectivity index (χ3n) is 6.19. The lowest BCUT2D eigenvalue weighted by atomic mass is 9.85. The topological polar surface area (TPSA) is 43.8 Å². The van der Waals surface area contributed by atoms with Gasteiger partial charge in [0.15, 0.2) is 5.78 Å². The highest BCUT2D eigenvalue weighted by Gasteiger charge is 2.34. The van der Waals surface area contributed by atoms with Crippen molar-refractivity contribution in [2.45, 2.75) is 44.2 Å². The monoisotopic (exact) mass is 378 g/mol. The molecular weight excluding hydrogens is 348 g/mol. The Morgan fingerprint density at radius 2 is 1.54 bits per heavy atom. The summed E-state index contributed by atoms with van der Waals surface area (Å²) in [6.07, 6.45) is 4.01. The van der Waals surface area contributed by atoms with Crippen molar-refractivity contribution < 1.29 is 9.90 Å². The predicted octanol–water partition coefficient (Wildman–Crippen LogP) is 3.89. The molecule has 0 saturated carbocycles. The summed E-state index contributed by atoms with van der Waals surface area (Å²) in [5.74, 6) is 0.0481. The third-order valence-corrected chi connectivity index (χ3v) is 6.19. The van der Waals surface area contributed by atoms with Crippen LogP contribution in [0.1, 0.15) is 48.0 Å². The van der Waals surface area contributed by atoms with Crippen molar-refractivity contribution in [3.63, 3.8) is 0 Å². The summed E-state index contributed by atoms with van der Waals surface area (Å²) in [4.78, 5) is 17.5. The average molecular weight is 379 g/mol. The van der Waals surface area contributed by atoms with Gasteiger partial charge in [0.1, 0.15) is 0 Å². The van der Waals surface area contributed by atoms with Crippen molar-refractivity contribution in [1.82, 2.24) is 4.90 Å². The second-order valence-corrected chi connectivity index (χ2v) is 8.33. The molecule has 4 rings (SSSR count). The SMILES string of the molecule is O=C(CC1(O)CCN(Cc2ccccc2)CC1)c1ccc(N2CCCC2)cc1. The Hall–Kier alpha value is -2.17. The number of hydrogen-bond acceptors (Lipinski definition) is 4. The summed E-state index contributed by atoms with van der Waals surface area (Å²) < 4.78 is 0. The fourth-order valence-corrected chi connectivity index (χ4v) is 4.38. The van der Waals surface area contributed by atoms with Crippen molar-refractivity contribution in [3.8, 4) is 0 Å². The van der Waals surface area contributed by atoms with E-state index in [1.165, 1.54) is 24.1 Å². The molecule has 2 aromatic carbocycles. The Balaban J connectivity index is 1.30. The number of ketones is 1. The van der Waals surface area contributed by atoms with Gasteiger partial charge in [-0.3, -0.25) is 9.69 Å². The van der Waals surface area contributed by atoms with Crippen LogP contribution < -0.4 is 4.90 Å². The molecule has 2 aliphatic rings. The predicted molar refractivity (Wildman–Crippen MR) is 113 cm³/mol. The number of carbonyl (C=O) groups excluding carboxylic acids is 1. The smallest absolute Gasteiger partial charge is 0.165 e. The van der Waals surface area contributed by atoms with Crippen LogP contribution in [0.2, 0.25) is 0 Å². The average Bonchev–Trinajstić information content (AvgIpc) is 3.26. The van der Waals surface area contributed by atoms with E-state index < -0.39 is 5.60 Å². The minimum atomic E-state index is -0.877. The van der Waals surface area contributed by atoms with E-state index >= 15 is 0 Å². The van der Waals surface area contributed by atoms with E-state index in [9.17, 15) is 9.90 Å². The van der Waals surface area contributed by atoms with E-state index in [1.807, 2.05) is 30.3 Å². The first-order valence-electron chi connectivity index (χ1n) is 10.5. The van der Waals surface area contributed by atoms with E-state index in [1.54, 1.807) is 0 Å². The zero-order chi connectivity index (χ0) is 19.4. The molecule has 0 aliphatic carbocycles. The standard InChI is InChI=1S/C24H30N2O2/c27-23(21-8-10-22(11-9-21)26-14-4-5-15-26)18-24(28)12-16-25(17-13-24)19-20-6-2-1-3-7-20/h1-3,6-11,28H,4-5,12-19H2. The van der Waals surface area contributed by atoms with Gasteiger partial charge < -0.3 is 10.0 Å². The molecular formula is C24H30N2O2. The molecule has 0 unspecified atom stereocenters. The van der Waals surface area contributed by atoms with Gasteiger partial charge in [0.05, 0.1) is 5.60 Å². The maximum atomic E-state index is 12.7. The maximum absolute atomic E-state index is 12.7. The first-order chi connectivity index (χ1) is 13.6. The summed E-state index contributed by atoms with van der Waals surface area (Å²) in [5, 5.41) is 11.0. The zero-order valence-corrected chi connectivity index (χ0v) is 16.5. The van der Waals surface area contributed by atoms with Gasteiger partial charge in [0, 0.05) is 50.4 Å². The van der Waals surface area contributed by atoms with Crippen molar-refractivity contribution in [2.75, 3.05) is 31.1 Å². The Morgan fingerprint density at radius 3 is 2.18 bits per heavy atom. The highest BCUT2D eigenvalue weighted by molar-refractivity contribution is 5.97. The quantitative estimate of drug-likeness (QED) is 0.775. The number of carbonyl (C=O) groups is 1. The van der Waals surface area contributed by atoms with Gasteiger partial charge in [-0.2, -0.15) is 0 Å². The summed E-state index contributed by atoms with van der Waals surface area (Å²) in [6, 6.07) is 18.4. The van der Waals surface area contributed by atoms with Gasteiger partial charge in [-0.1, -0.05) is 30.3 Å². The van der Waals surface area contributed by atoms with Gasteiger partial charge in [-0.25, -0.2) is 0 Å². The summed E-state index contributed by atoms with van der Waals surface area (Å²) in [6.45, 7) is 4.76. The first-order valence-corrected chi connectivity index (χ1v) is 10.5. The highest BCUT2D eigenvalue weighted by atomic mass is 16.3. The maximum Gasteiger partial charge on any atom is 0.165 e. The van der Waals surface area contributed by atoms with Crippen LogP contribution in [-0.2, 0) is 6.54 Å². The summed E-state index contributed by atoms with van der Waals surface area (Å²) in [5.41, 5.74) is 2.32. The number of anilines is 1. The minimum absolute atomic E-state index is 0.0481. The first kappa shape index (κ1) is 19.2. The Labute approximate surface area is 167 Å². The van der Waals surface area contributed by atoms with Crippen LogP contribution in [0, 0.1) is 0 Å². The molecule has 0 amide bonds. The molecule has 0 spiro atoms. The highest BCUT2D eigenvalue weighted by Crippen LogP contribution is 2.29. The Kier molecular flexibility index (Phi) is 5.79. The van der Waals surface area contributed by atoms with Crippen molar-refractivity contribution in [1.29, 1.82) is 0 Å². The fourth-order valence-electron chi connectivity index (χ4n) is 4.38. The lowest BCUT2D eigenvalue weighted by Gasteiger charge is -2.38. The van der Waals surface area contributed by atoms with Gasteiger partial charge in [0.25, 0.3) is 0 Å². The largest absolute Gasteiger partial charge is 0.389 e. The van der Waals surface area contributed by atoms with Gasteiger partial charge in [-0.15, -0.1) is 0 Å². The van der Waals surface area contributed by atoms with Crippen LogP contribution in [0.3, 0.4) is 0 Å². The number of rotatable bonds is 6. The molecule has 4 nitrogen and oxygen atoms in total. The molecule has 2 aromatic rings. The molecule has 0 aromatic heterocycles. The molecule has 2 aliphatic heterocycles. The molecule has 0 radical (unpaired) electrons. The summed E-state index contributed by atoms with van der Waals surface area (Å²) in [7, 11) is 0. The van der Waals surface area contributed by atoms with Crippen molar-refractivity contribution >= 4 is 11.5 Å². The van der Waals surface area contributed by atoms with Crippen LogP contribution in [0.25, 0.3) is 0 Å². The lowest BCUT2D eigenvalue weighted by Crippen LogP contribution is -2.45. The van der Waals surface area contributed by atoms with Gasteiger partial charge in [-0.05, 0) is 55.5 Å². The van der Waals surface area contributed by atoms with Gasteiger partial charge in [0.2, 0.25) is 0 Å². The number of aliphatic hydroxyl groups is 1. The van der Waals surface area contributed by atoms with Crippen LogP contribution in [0.5, 0.6) is 0 Å². The number of likely N-dealkylation sites (tertiary alicyclic amines) is 1.